The van der Waals surface area contributed by atoms with Crippen LogP contribution in [0.2, 0.25) is 0 Å². The van der Waals surface area contributed by atoms with Crippen molar-refractivity contribution >= 4 is 0 Å². The summed E-state index contributed by atoms with van der Waals surface area (Å²) in [6, 6.07) is 5.02. The van der Waals surface area contributed by atoms with Crippen LogP contribution >= 0.6 is 0 Å². The summed E-state index contributed by atoms with van der Waals surface area (Å²) in [6.07, 6.45) is 3.64. The number of hydrogen-bond acceptors (Lipinski definition) is 1. The van der Waals surface area contributed by atoms with Crippen molar-refractivity contribution in [2.24, 2.45) is 11.1 Å². The van der Waals surface area contributed by atoms with Crippen LogP contribution in [0, 0.1) is 26.2 Å². The number of nitrogens with two attached hydrogens (primary N) is 1. The average molecular weight is 245 g/mol. The van der Waals surface area contributed by atoms with Gasteiger partial charge in [0.2, 0.25) is 0 Å². The summed E-state index contributed by atoms with van der Waals surface area (Å²) in [5, 5.41) is 0. The van der Waals surface area contributed by atoms with E-state index in [0.717, 1.165) is 6.42 Å². The van der Waals surface area contributed by atoms with E-state index in [1.54, 1.807) is 0 Å². The highest BCUT2D eigenvalue weighted by Crippen LogP contribution is 2.43. The molecule has 0 radical (unpaired) electrons. The molecule has 0 amide bonds. The van der Waals surface area contributed by atoms with Gasteiger partial charge in [-0.15, -0.1) is 0 Å². The highest BCUT2D eigenvalue weighted by atomic mass is 14.7. The SMILES string of the molecule is Cc1cc(C)c(C2CC(C)(C)CCC2N)cc1C. The average Bonchev–Trinajstić information content (AvgIpc) is 2.27. The molecule has 0 spiro atoms. The van der Waals surface area contributed by atoms with E-state index in [9.17, 15) is 0 Å². The van der Waals surface area contributed by atoms with E-state index in [2.05, 4.69) is 46.8 Å². The molecule has 0 aromatic heterocycles. The predicted molar refractivity (Wildman–Crippen MR) is 79.0 cm³/mol. The minimum absolute atomic E-state index is 0.332. The first-order valence-electron chi connectivity index (χ1n) is 7.13. The van der Waals surface area contributed by atoms with Crippen LogP contribution in [-0.2, 0) is 0 Å². The summed E-state index contributed by atoms with van der Waals surface area (Å²) in [6.45, 7) is 11.4. The molecule has 0 aliphatic heterocycles. The van der Waals surface area contributed by atoms with Crippen LogP contribution in [0.5, 0.6) is 0 Å². The quantitative estimate of drug-likeness (QED) is 0.787. The van der Waals surface area contributed by atoms with Crippen LogP contribution in [0.1, 0.15) is 61.3 Å². The molecule has 1 fully saturated rings. The Labute approximate surface area is 112 Å². The van der Waals surface area contributed by atoms with Crippen molar-refractivity contribution in [3.63, 3.8) is 0 Å². The maximum atomic E-state index is 6.39. The van der Waals surface area contributed by atoms with E-state index >= 15 is 0 Å². The molecule has 2 unspecified atom stereocenters. The first kappa shape index (κ1) is 13.6. The van der Waals surface area contributed by atoms with Crippen LogP contribution in [-0.4, -0.2) is 6.04 Å². The van der Waals surface area contributed by atoms with Crippen LogP contribution < -0.4 is 5.73 Å². The third kappa shape index (κ3) is 2.61. The van der Waals surface area contributed by atoms with Crippen LogP contribution in [0.25, 0.3) is 0 Å². The topological polar surface area (TPSA) is 26.0 Å². The number of rotatable bonds is 1. The predicted octanol–water partition coefficient (Wildman–Crippen LogP) is 4.23. The van der Waals surface area contributed by atoms with Gasteiger partial charge in [0.05, 0.1) is 0 Å². The fraction of sp³-hybridized carbons (Fsp3) is 0.647. The summed E-state index contributed by atoms with van der Waals surface area (Å²) in [7, 11) is 0. The van der Waals surface area contributed by atoms with Gasteiger partial charge < -0.3 is 5.73 Å². The molecule has 1 aliphatic carbocycles. The Morgan fingerprint density at radius 3 is 2.33 bits per heavy atom. The summed E-state index contributed by atoms with van der Waals surface area (Å²) in [5.74, 6) is 0.535. The maximum Gasteiger partial charge on any atom is 0.0108 e. The minimum atomic E-state index is 0.332. The van der Waals surface area contributed by atoms with Gasteiger partial charge in [0, 0.05) is 6.04 Å². The molecule has 1 nitrogen and oxygen atoms in total. The van der Waals surface area contributed by atoms with Crippen molar-refractivity contribution in [2.45, 2.75) is 65.8 Å². The lowest BCUT2D eigenvalue weighted by Gasteiger charge is -2.40. The zero-order chi connectivity index (χ0) is 13.5. The fourth-order valence-electron chi connectivity index (χ4n) is 3.33. The Kier molecular flexibility index (Phi) is 3.55. The Hall–Kier alpha value is -0.820. The zero-order valence-corrected chi connectivity index (χ0v) is 12.5. The second-order valence-electron chi connectivity index (χ2n) is 6.97. The zero-order valence-electron chi connectivity index (χ0n) is 12.5. The standard InChI is InChI=1S/C17H27N/c1-11-8-13(3)14(9-12(11)2)15-10-17(4,5)7-6-16(15)18/h8-9,15-16H,6-7,10,18H2,1-5H3. The van der Waals surface area contributed by atoms with Gasteiger partial charge in [0.1, 0.15) is 0 Å². The third-order valence-corrected chi connectivity index (χ3v) is 4.73. The van der Waals surface area contributed by atoms with Crippen molar-refractivity contribution < 1.29 is 0 Å². The molecule has 1 aliphatic rings. The van der Waals surface area contributed by atoms with Crippen molar-refractivity contribution in [1.82, 2.24) is 0 Å². The van der Waals surface area contributed by atoms with E-state index < -0.39 is 0 Å². The fourth-order valence-corrected chi connectivity index (χ4v) is 3.33. The number of hydrogen-bond donors (Lipinski definition) is 1. The Bertz CT molecular complexity index is 445. The largest absolute Gasteiger partial charge is 0.327 e. The van der Waals surface area contributed by atoms with E-state index in [0.29, 0.717) is 17.4 Å². The summed E-state index contributed by atoms with van der Waals surface area (Å²) in [4.78, 5) is 0. The van der Waals surface area contributed by atoms with E-state index in [1.807, 2.05) is 0 Å². The minimum Gasteiger partial charge on any atom is -0.327 e. The van der Waals surface area contributed by atoms with Gasteiger partial charge in [0.15, 0.2) is 0 Å². The van der Waals surface area contributed by atoms with Gasteiger partial charge in [-0.05, 0) is 73.6 Å². The molecule has 1 aromatic rings. The van der Waals surface area contributed by atoms with Gasteiger partial charge in [-0.3, -0.25) is 0 Å². The van der Waals surface area contributed by atoms with Crippen LogP contribution in [0.4, 0.5) is 0 Å². The molecule has 0 heterocycles. The highest BCUT2D eigenvalue weighted by molar-refractivity contribution is 5.39. The lowest BCUT2D eigenvalue weighted by Crippen LogP contribution is -2.38. The van der Waals surface area contributed by atoms with Gasteiger partial charge in [-0.1, -0.05) is 26.0 Å². The smallest absolute Gasteiger partial charge is 0.0108 e. The maximum absolute atomic E-state index is 6.39. The van der Waals surface area contributed by atoms with Crippen molar-refractivity contribution in [3.05, 3.63) is 34.4 Å². The van der Waals surface area contributed by atoms with Crippen molar-refractivity contribution in [1.29, 1.82) is 0 Å². The van der Waals surface area contributed by atoms with Crippen LogP contribution in [0.3, 0.4) is 0 Å². The summed E-state index contributed by atoms with van der Waals surface area (Å²) >= 11 is 0. The van der Waals surface area contributed by atoms with E-state index in [-0.39, 0.29) is 0 Å². The molecule has 1 aromatic carbocycles. The van der Waals surface area contributed by atoms with E-state index in [4.69, 9.17) is 5.73 Å². The first-order valence-corrected chi connectivity index (χ1v) is 7.13. The van der Waals surface area contributed by atoms with Crippen molar-refractivity contribution in [2.75, 3.05) is 0 Å². The summed E-state index contributed by atoms with van der Waals surface area (Å²) in [5.41, 5.74) is 12.5. The molecule has 100 valence electrons. The lowest BCUT2D eigenvalue weighted by atomic mass is 9.67. The van der Waals surface area contributed by atoms with Gasteiger partial charge >= 0.3 is 0 Å². The Morgan fingerprint density at radius 1 is 1.06 bits per heavy atom. The number of benzene rings is 1. The third-order valence-electron chi connectivity index (χ3n) is 4.73. The lowest BCUT2D eigenvalue weighted by molar-refractivity contribution is 0.198. The van der Waals surface area contributed by atoms with Gasteiger partial charge in [-0.2, -0.15) is 0 Å². The van der Waals surface area contributed by atoms with Crippen LogP contribution in [0.15, 0.2) is 12.1 Å². The normalized spacial score (nSPS) is 27.2. The number of aryl methyl sites for hydroxylation is 3. The molecular weight excluding hydrogens is 218 g/mol. The molecule has 1 saturated carbocycles. The van der Waals surface area contributed by atoms with E-state index in [1.165, 1.54) is 35.1 Å². The molecule has 0 saturated heterocycles. The monoisotopic (exact) mass is 245 g/mol. The second kappa shape index (κ2) is 4.70. The molecule has 0 bridgehead atoms. The molecule has 1 heteroatoms. The molecule has 18 heavy (non-hydrogen) atoms. The van der Waals surface area contributed by atoms with Gasteiger partial charge in [0.25, 0.3) is 0 Å². The van der Waals surface area contributed by atoms with Gasteiger partial charge in [-0.25, -0.2) is 0 Å². The molecule has 2 rings (SSSR count). The molecule has 2 atom stereocenters. The molecular formula is C17H27N. The van der Waals surface area contributed by atoms with Crippen molar-refractivity contribution in [3.8, 4) is 0 Å². The highest BCUT2D eigenvalue weighted by Gasteiger charge is 2.34. The molecule has 2 N–H and O–H groups in total. The summed E-state index contributed by atoms with van der Waals surface area (Å²) < 4.78 is 0. The Balaban J connectivity index is 2.38. The first-order chi connectivity index (χ1) is 8.30. The second-order valence-corrected chi connectivity index (χ2v) is 6.97. The Morgan fingerprint density at radius 2 is 1.67 bits per heavy atom.